The second-order valence-corrected chi connectivity index (χ2v) is 6.24. The van der Waals surface area contributed by atoms with Gasteiger partial charge in [0.1, 0.15) is 0 Å². The van der Waals surface area contributed by atoms with Crippen molar-refractivity contribution in [3.63, 3.8) is 0 Å². The Bertz CT molecular complexity index is 512. The highest BCUT2D eigenvalue weighted by Gasteiger charge is 2.27. The molecule has 0 saturated carbocycles. The Labute approximate surface area is 111 Å². The van der Waals surface area contributed by atoms with E-state index in [1.807, 2.05) is 0 Å². The van der Waals surface area contributed by atoms with Crippen molar-refractivity contribution in [2.45, 2.75) is 25.2 Å². The van der Waals surface area contributed by atoms with E-state index in [2.05, 4.69) is 0 Å². The van der Waals surface area contributed by atoms with E-state index in [1.54, 1.807) is 19.9 Å². The summed E-state index contributed by atoms with van der Waals surface area (Å²) >= 11 is 0. The second kappa shape index (κ2) is 6.40. The first-order valence-electron chi connectivity index (χ1n) is 5.75. The molecule has 1 N–H and O–H groups in total. The molecule has 1 aromatic carbocycles. The monoisotopic (exact) mass is 293 g/mol. The van der Waals surface area contributed by atoms with E-state index in [9.17, 15) is 17.2 Å². The lowest BCUT2D eigenvalue weighted by atomic mass is 10.2. The van der Waals surface area contributed by atoms with Crippen LogP contribution in [0.1, 0.15) is 11.1 Å². The van der Waals surface area contributed by atoms with Crippen molar-refractivity contribution in [3.8, 4) is 0 Å². The molecule has 0 bridgehead atoms. The number of aliphatic hydroxyl groups is 1. The molecule has 0 aromatic heterocycles. The summed E-state index contributed by atoms with van der Waals surface area (Å²) in [6.45, 7) is 1.69. The molecular weight excluding hydrogens is 276 g/mol. The van der Waals surface area contributed by atoms with Crippen molar-refractivity contribution in [2.24, 2.45) is 0 Å². The van der Waals surface area contributed by atoms with Crippen molar-refractivity contribution in [1.29, 1.82) is 0 Å². The molecule has 0 radical (unpaired) electrons. The fourth-order valence-electron chi connectivity index (χ4n) is 1.81. The number of hydrogen-bond acceptors (Lipinski definition) is 3. The van der Waals surface area contributed by atoms with E-state index in [4.69, 9.17) is 5.11 Å². The number of benzene rings is 1. The Kier molecular flexibility index (Phi) is 5.39. The summed E-state index contributed by atoms with van der Waals surface area (Å²) in [5, 5.41) is 8.82. The van der Waals surface area contributed by atoms with Crippen molar-refractivity contribution >= 4 is 10.0 Å². The lowest BCUT2D eigenvalue weighted by molar-refractivity contribution is 0.113. The van der Waals surface area contributed by atoms with Gasteiger partial charge in [0.2, 0.25) is 10.0 Å². The van der Waals surface area contributed by atoms with E-state index in [0.29, 0.717) is 4.31 Å². The quantitative estimate of drug-likeness (QED) is 0.866. The van der Waals surface area contributed by atoms with Gasteiger partial charge in [-0.3, -0.25) is 0 Å². The molecule has 0 atom stereocenters. The van der Waals surface area contributed by atoms with Crippen LogP contribution >= 0.6 is 0 Å². The minimum Gasteiger partial charge on any atom is -0.395 e. The molecular formula is C12H17F2NO3S. The summed E-state index contributed by atoms with van der Waals surface area (Å²) in [5.74, 6) is 0. The molecule has 0 amide bonds. The zero-order valence-electron chi connectivity index (χ0n) is 10.8. The maximum atomic E-state index is 12.4. The third-order valence-corrected chi connectivity index (χ3v) is 4.37. The predicted molar refractivity (Wildman–Crippen MR) is 67.8 cm³/mol. The van der Waals surface area contributed by atoms with Gasteiger partial charge in [-0.25, -0.2) is 17.2 Å². The molecule has 0 aliphatic heterocycles. The van der Waals surface area contributed by atoms with Gasteiger partial charge in [-0.15, -0.1) is 0 Å². The topological polar surface area (TPSA) is 57.6 Å². The second-order valence-electron chi connectivity index (χ2n) is 4.30. The van der Waals surface area contributed by atoms with Gasteiger partial charge >= 0.3 is 0 Å². The third kappa shape index (κ3) is 4.22. The molecule has 0 spiro atoms. The van der Waals surface area contributed by atoms with Crippen LogP contribution in [0.4, 0.5) is 8.78 Å². The molecule has 1 rings (SSSR count). The fraction of sp³-hybridized carbons (Fsp3) is 0.500. The molecule has 0 aliphatic carbocycles. The highest BCUT2D eigenvalue weighted by atomic mass is 32.2. The Balaban J connectivity index is 3.18. The van der Waals surface area contributed by atoms with E-state index < -0.39 is 29.6 Å². The molecule has 19 heavy (non-hydrogen) atoms. The van der Waals surface area contributed by atoms with Gasteiger partial charge in [-0.05, 0) is 37.1 Å². The number of alkyl halides is 2. The lowest BCUT2D eigenvalue weighted by Crippen LogP contribution is -2.37. The van der Waals surface area contributed by atoms with Crippen LogP contribution < -0.4 is 0 Å². The number of sulfonamides is 1. The predicted octanol–water partition coefficient (Wildman–Crippen LogP) is 1.55. The number of aliphatic hydroxyl groups excluding tert-OH is 1. The van der Waals surface area contributed by atoms with Crippen LogP contribution in [0.5, 0.6) is 0 Å². The van der Waals surface area contributed by atoms with Crippen LogP contribution in [0.2, 0.25) is 0 Å². The number of aryl methyl sites for hydroxylation is 2. The summed E-state index contributed by atoms with van der Waals surface area (Å²) in [7, 11) is -4.01. The number of rotatable bonds is 6. The molecule has 1 aromatic rings. The van der Waals surface area contributed by atoms with Crippen LogP contribution in [0.15, 0.2) is 23.1 Å². The average molecular weight is 293 g/mol. The number of nitrogens with zero attached hydrogens (tertiary/aromatic N) is 1. The standard InChI is InChI=1S/C12H17F2NO3S/c1-9-5-10(2)7-11(6-9)19(17,18)15(3-4-16)8-12(13)14/h5-7,12,16H,3-4,8H2,1-2H3. The van der Waals surface area contributed by atoms with Crippen LogP contribution in [0, 0.1) is 13.8 Å². The Morgan fingerprint density at radius 3 is 2.16 bits per heavy atom. The van der Waals surface area contributed by atoms with Gasteiger partial charge in [0.15, 0.2) is 0 Å². The van der Waals surface area contributed by atoms with Gasteiger partial charge in [-0.2, -0.15) is 4.31 Å². The summed E-state index contributed by atoms with van der Waals surface area (Å²) in [4.78, 5) is -0.0286. The van der Waals surface area contributed by atoms with Gasteiger partial charge < -0.3 is 5.11 Å². The summed E-state index contributed by atoms with van der Waals surface area (Å²) < 4.78 is 49.9. The van der Waals surface area contributed by atoms with E-state index in [1.165, 1.54) is 12.1 Å². The normalized spacial score (nSPS) is 12.4. The van der Waals surface area contributed by atoms with Gasteiger partial charge in [-0.1, -0.05) is 6.07 Å². The minimum atomic E-state index is -4.01. The maximum absolute atomic E-state index is 12.4. The van der Waals surface area contributed by atoms with Crippen molar-refractivity contribution in [3.05, 3.63) is 29.3 Å². The molecule has 0 saturated heterocycles. The van der Waals surface area contributed by atoms with Gasteiger partial charge in [0.05, 0.1) is 18.0 Å². The largest absolute Gasteiger partial charge is 0.395 e. The van der Waals surface area contributed by atoms with Crippen molar-refractivity contribution in [2.75, 3.05) is 19.7 Å². The first-order valence-corrected chi connectivity index (χ1v) is 7.19. The summed E-state index contributed by atoms with van der Waals surface area (Å²) in [5.41, 5.74) is 1.47. The first-order chi connectivity index (χ1) is 8.77. The van der Waals surface area contributed by atoms with Crippen molar-refractivity contribution in [1.82, 2.24) is 4.31 Å². The Hall–Kier alpha value is -1.05. The fourth-order valence-corrected chi connectivity index (χ4v) is 3.40. The first kappa shape index (κ1) is 16.0. The van der Waals surface area contributed by atoms with E-state index in [0.717, 1.165) is 11.1 Å². The molecule has 108 valence electrons. The smallest absolute Gasteiger partial charge is 0.252 e. The highest BCUT2D eigenvalue weighted by Crippen LogP contribution is 2.19. The number of halogens is 2. The SMILES string of the molecule is Cc1cc(C)cc(S(=O)(=O)N(CCO)CC(F)F)c1. The Morgan fingerprint density at radius 1 is 1.21 bits per heavy atom. The molecule has 4 nitrogen and oxygen atoms in total. The van der Waals surface area contributed by atoms with Gasteiger partial charge in [0, 0.05) is 6.54 Å². The van der Waals surface area contributed by atoms with Crippen molar-refractivity contribution < 1.29 is 22.3 Å². The Morgan fingerprint density at radius 2 is 1.74 bits per heavy atom. The van der Waals surface area contributed by atoms with Crippen LogP contribution in [0.3, 0.4) is 0 Å². The van der Waals surface area contributed by atoms with Crippen LogP contribution in [-0.2, 0) is 10.0 Å². The van der Waals surface area contributed by atoms with E-state index in [-0.39, 0.29) is 11.4 Å². The summed E-state index contributed by atoms with van der Waals surface area (Å²) in [6.07, 6.45) is -2.78. The zero-order chi connectivity index (χ0) is 14.6. The molecule has 0 heterocycles. The number of hydrogen-bond donors (Lipinski definition) is 1. The zero-order valence-corrected chi connectivity index (χ0v) is 11.6. The summed E-state index contributed by atoms with van der Waals surface area (Å²) in [6, 6.07) is 4.65. The minimum absolute atomic E-state index is 0.0286. The lowest BCUT2D eigenvalue weighted by Gasteiger charge is -2.21. The highest BCUT2D eigenvalue weighted by molar-refractivity contribution is 7.89. The molecule has 7 heteroatoms. The van der Waals surface area contributed by atoms with Crippen LogP contribution in [-0.4, -0.2) is 44.0 Å². The van der Waals surface area contributed by atoms with Crippen LogP contribution in [0.25, 0.3) is 0 Å². The van der Waals surface area contributed by atoms with E-state index >= 15 is 0 Å². The third-order valence-electron chi connectivity index (χ3n) is 2.52. The average Bonchev–Trinajstić information content (AvgIpc) is 2.26. The molecule has 0 aliphatic rings. The molecule has 0 fully saturated rings. The van der Waals surface area contributed by atoms with Gasteiger partial charge in [0.25, 0.3) is 6.43 Å². The molecule has 0 unspecified atom stereocenters. The maximum Gasteiger partial charge on any atom is 0.252 e.